The molecule has 0 saturated carbocycles. The van der Waals surface area contributed by atoms with Crippen molar-refractivity contribution in [3.8, 4) is 0 Å². The fourth-order valence-electron chi connectivity index (χ4n) is 2.43. The summed E-state index contributed by atoms with van der Waals surface area (Å²) in [4.78, 5) is 0. The van der Waals surface area contributed by atoms with Crippen molar-refractivity contribution in [2.24, 2.45) is 0 Å². The molecule has 2 unspecified atom stereocenters. The number of nitrogens with one attached hydrogen (secondary N) is 1. The summed E-state index contributed by atoms with van der Waals surface area (Å²) in [7, 11) is 0. The minimum Gasteiger partial charge on any atom is -0.388 e. The maximum atomic E-state index is 10.3. The average molecular weight is 265 g/mol. The summed E-state index contributed by atoms with van der Waals surface area (Å²) in [5, 5.41) is 13.8. The Hall–Kier alpha value is -0.510. The van der Waals surface area contributed by atoms with Gasteiger partial charge in [-0.2, -0.15) is 11.8 Å². The molecule has 0 amide bonds. The summed E-state index contributed by atoms with van der Waals surface area (Å²) in [5.41, 5.74) is 3.52. The largest absolute Gasteiger partial charge is 0.388 e. The van der Waals surface area contributed by atoms with Gasteiger partial charge in [-0.1, -0.05) is 18.2 Å². The summed E-state index contributed by atoms with van der Waals surface area (Å²) in [6, 6.07) is 6.72. The van der Waals surface area contributed by atoms with Crippen molar-refractivity contribution in [1.29, 1.82) is 0 Å². The van der Waals surface area contributed by atoms with E-state index in [4.69, 9.17) is 0 Å². The fraction of sp³-hybridized carbons (Fsp3) is 0.600. The van der Waals surface area contributed by atoms with E-state index in [9.17, 15) is 5.11 Å². The molecule has 2 rings (SSSR count). The molecule has 100 valence electrons. The first kappa shape index (κ1) is 13.9. The van der Waals surface area contributed by atoms with Crippen LogP contribution in [0, 0.1) is 13.8 Å². The molecular formula is C15H23NOS. The molecule has 0 spiro atoms. The van der Waals surface area contributed by atoms with Crippen LogP contribution in [-0.2, 0) is 0 Å². The number of hydrogen-bond acceptors (Lipinski definition) is 3. The predicted octanol–water partition coefficient (Wildman–Crippen LogP) is 2.82. The highest BCUT2D eigenvalue weighted by Gasteiger charge is 2.31. The third kappa shape index (κ3) is 3.08. The highest BCUT2D eigenvalue weighted by atomic mass is 32.2. The molecule has 1 aliphatic heterocycles. The van der Waals surface area contributed by atoms with Crippen molar-refractivity contribution in [2.45, 2.75) is 38.8 Å². The van der Waals surface area contributed by atoms with Crippen LogP contribution in [0.2, 0.25) is 0 Å². The van der Waals surface area contributed by atoms with Gasteiger partial charge in [0.25, 0.3) is 0 Å². The summed E-state index contributed by atoms with van der Waals surface area (Å²) >= 11 is 1.84. The van der Waals surface area contributed by atoms with Crippen LogP contribution in [-0.4, -0.2) is 28.8 Å². The molecular weight excluding hydrogens is 242 g/mol. The Morgan fingerprint density at radius 3 is 2.89 bits per heavy atom. The van der Waals surface area contributed by atoms with Gasteiger partial charge in [-0.05, 0) is 49.6 Å². The topological polar surface area (TPSA) is 32.3 Å². The van der Waals surface area contributed by atoms with Gasteiger partial charge in [0.2, 0.25) is 0 Å². The third-order valence-corrected chi connectivity index (χ3v) is 5.17. The van der Waals surface area contributed by atoms with Crippen LogP contribution >= 0.6 is 11.8 Å². The lowest BCUT2D eigenvalue weighted by Crippen LogP contribution is -2.41. The normalized spacial score (nSPS) is 25.3. The predicted molar refractivity (Wildman–Crippen MR) is 79.2 cm³/mol. The fourth-order valence-corrected chi connectivity index (χ4v) is 3.73. The van der Waals surface area contributed by atoms with E-state index in [1.165, 1.54) is 16.7 Å². The van der Waals surface area contributed by atoms with Gasteiger partial charge in [0.15, 0.2) is 0 Å². The smallest absolute Gasteiger partial charge is 0.0869 e. The second kappa shape index (κ2) is 5.64. The number of benzene rings is 1. The van der Waals surface area contributed by atoms with Crippen molar-refractivity contribution in [3.05, 3.63) is 34.9 Å². The standard InChI is InChI=1S/C15H23NOS/c1-11-5-4-6-14(12(11)2)13(3)16-9-15(17)7-8-18-10-15/h4-6,13,16-17H,7-10H2,1-3H3. The molecule has 1 aromatic rings. The zero-order valence-electron chi connectivity index (χ0n) is 11.5. The highest BCUT2D eigenvalue weighted by Crippen LogP contribution is 2.28. The number of hydrogen-bond donors (Lipinski definition) is 2. The molecule has 1 fully saturated rings. The van der Waals surface area contributed by atoms with E-state index in [-0.39, 0.29) is 0 Å². The monoisotopic (exact) mass is 265 g/mol. The van der Waals surface area contributed by atoms with Gasteiger partial charge in [-0.15, -0.1) is 0 Å². The zero-order valence-corrected chi connectivity index (χ0v) is 12.3. The van der Waals surface area contributed by atoms with Crippen LogP contribution in [0.15, 0.2) is 18.2 Å². The number of rotatable bonds is 4. The summed E-state index contributed by atoms with van der Waals surface area (Å²) in [6.07, 6.45) is 0.907. The number of aliphatic hydroxyl groups is 1. The maximum absolute atomic E-state index is 10.3. The highest BCUT2D eigenvalue weighted by molar-refractivity contribution is 7.99. The second-order valence-electron chi connectivity index (χ2n) is 5.42. The molecule has 3 heteroatoms. The van der Waals surface area contributed by atoms with E-state index in [0.29, 0.717) is 12.6 Å². The molecule has 0 bridgehead atoms. The molecule has 0 aliphatic carbocycles. The van der Waals surface area contributed by atoms with Gasteiger partial charge in [0.1, 0.15) is 0 Å². The van der Waals surface area contributed by atoms with E-state index in [2.05, 4.69) is 44.3 Å². The van der Waals surface area contributed by atoms with Crippen molar-refractivity contribution in [1.82, 2.24) is 5.32 Å². The molecule has 18 heavy (non-hydrogen) atoms. The molecule has 2 N–H and O–H groups in total. The average Bonchev–Trinajstić information content (AvgIpc) is 2.77. The van der Waals surface area contributed by atoms with E-state index in [1.807, 2.05) is 11.8 Å². The Balaban J connectivity index is 1.99. The first-order valence-corrected chi connectivity index (χ1v) is 7.77. The van der Waals surface area contributed by atoms with E-state index in [1.54, 1.807) is 0 Å². The Morgan fingerprint density at radius 1 is 1.44 bits per heavy atom. The van der Waals surface area contributed by atoms with Crippen LogP contribution in [0.5, 0.6) is 0 Å². The van der Waals surface area contributed by atoms with Crippen LogP contribution in [0.4, 0.5) is 0 Å². The van der Waals surface area contributed by atoms with Gasteiger partial charge < -0.3 is 10.4 Å². The molecule has 1 aromatic carbocycles. The van der Waals surface area contributed by atoms with Gasteiger partial charge in [-0.25, -0.2) is 0 Å². The summed E-state index contributed by atoms with van der Waals surface area (Å²) in [5.74, 6) is 1.94. The molecule has 1 aliphatic rings. The molecule has 0 radical (unpaired) electrons. The lowest BCUT2D eigenvalue weighted by atomic mass is 9.97. The van der Waals surface area contributed by atoms with Crippen LogP contribution in [0.25, 0.3) is 0 Å². The molecule has 1 saturated heterocycles. The summed E-state index contributed by atoms with van der Waals surface area (Å²) in [6.45, 7) is 7.18. The first-order valence-electron chi connectivity index (χ1n) is 6.61. The molecule has 0 aromatic heterocycles. The lowest BCUT2D eigenvalue weighted by Gasteiger charge is -2.25. The van der Waals surface area contributed by atoms with Crippen LogP contribution < -0.4 is 5.32 Å². The minimum absolute atomic E-state index is 0.291. The van der Waals surface area contributed by atoms with Crippen molar-refractivity contribution in [2.75, 3.05) is 18.1 Å². The minimum atomic E-state index is -0.503. The SMILES string of the molecule is Cc1cccc(C(C)NCC2(O)CCSC2)c1C. The van der Waals surface area contributed by atoms with E-state index < -0.39 is 5.60 Å². The Kier molecular flexibility index (Phi) is 4.36. The number of aryl methyl sites for hydroxylation is 1. The van der Waals surface area contributed by atoms with Gasteiger partial charge in [0, 0.05) is 18.3 Å². The van der Waals surface area contributed by atoms with Gasteiger partial charge >= 0.3 is 0 Å². The van der Waals surface area contributed by atoms with Crippen LogP contribution in [0.1, 0.15) is 36.1 Å². The van der Waals surface area contributed by atoms with Gasteiger partial charge in [-0.3, -0.25) is 0 Å². The third-order valence-electron chi connectivity index (χ3n) is 3.93. The van der Waals surface area contributed by atoms with Gasteiger partial charge in [0.05, 0.1) is 5.60 Å². The molecule has 2 atom stereocenters. The quantitative estimate of drug-likeness (QED) is 0.878. The molecule has 2 nitrogen and oxygen atoms in total. The van der Waals surface area contributed by atoms with Crippen LogP contribution in [0.3, 0.4) is 0 Å². The Morgan fingerprint density at radius 2 is 2.22 bits per heavy atom. The maximum Gasteiger partial charge on any atom is 0.0869 e. The Labute approximate surface area is 114 Å². The zero-order chi connectivity index (χ0) is 13.2. The molecule has 1 heterocycles. The van der Waals surface area contributed by atoms with Crippen molar-refractivity contribution < 1.29 is 5.11 Å². The number of thioether (sulfide) groups is 1. The lowest BCUT2D eigenvalue weighted by molar-refractivity contribution is 0.0651. The Bertz CT molecular complexity index is 413. The van der Waals surface area contributed by atoms with E-state index >= 15 is 0 Å². The van der Waals surface area contributed by atoms with Crippen molar-refractivity contribution in [3.63, 3.8) is 0 Å². The van der Waals surface area contributed by atoms with Crippen molar-refractivity contribution >= 4 is 11.8 Å². The van der Waals surface area contributed by atoms with E-state index in [0.717, 1.165) is 17.9 Å². The second-order valence-corrected chi connectivity index (χ2v) is 6.52. The summed E-state index contributed by atoms with van der Waals surface area (Å²) < 4.78 is 0. The first-order chi connectivity index (χ1) is 8.52.